The van der Waals surface area contributed by atoms with E-state index in [2.05, 4.69) is 0 Å². The van der Waals surface area contributed by atoms with E-state index < -0.39 is 29.2 Å². The lowest BCUT2D eigenvalue weighted by Gasteiger charge is -2.25. The van der Waals surface area contributed by atoms with Crippen LogP contribution in [0.1, 0.15) is 43.6 Å². The summed E-state index contributed by atoms with van der Waals surface area (Å²) in [5, 5.41) is 0.0646. The van der Waals surface area contributed by atoms with Crippen LogP contribution in [0.25, 0.3) is 11.0 Å². The predicted molar refractivity (Wildman–Crippen MR) is 130 cm³/mol. The third kappa shape index (κ3) is 4.00. The van der Waals surface area contributed by atoms with Gasteiger partial charge in [0.1, 0.15) is 17.1 Å². The Hall–Kier alpha value is -4.46. The van der Waals surface area contributed by atoms with Crippen LogP contribution in [0.4, 0.5) is 4.39 Å². The van der Waals surface area contributed by atoms with Gasteiger partial charge in [-0.3, -0.25) is 9.59 Å². The number of carbonyl (C=O) groups excluding carboxylic acids is 2. The maximum absolute atomic E-state index is 13.9. The molecule has 5 rings (SSSR count). The molecule has 7 nitrogen and oxygen atoms in total. The van der Waals surface area contributed by atoms with Crippen molar-refractivity contribution >= 4 is 22.8 Å². The van der Waals surface area contributed by atoms with Gasteiger partial charge >= 0.3 is 5.97 Å². The topological polar surface area (TPSA) is 86.0 Å². The molecule has 0 bridgehead atoms. The molecule has 0 saturated carbocycles. The molecule has 36 heavy (non-hydrogen) atoms. The first-order valence-electron chi connectivity index (χ1n) is 11.3. The molecule has 0 aliphatic carbocycles. The van der Waals surface area contributed by atoms with Crippen LogP contribution in [0.2, 0.25) is 0 Å². The van der Waals surface area contributed by atoms with E-state index in [1.54, 1.807) is 36.3 Å². The fraction of sp³-hybridized carbons (Fsp3) is 0.179. The number of nitrogens with zero attached hydrogens (tertiary/aromatic N) is 1. The van der Waals surface area contributed by atoms with Gasteiger partial charge in [-0.1, -0.05) is 24.3 Å². The molecule has 0 saturated heterocycles. The van der Waals surface area contributed by atoms with Crippen molar-refractivity contribution in [2.75, 3.05) is 20.8 Å². The van der Waals surface area contributed by atoms with Gasteiger partial charge in [0.25, 0.3) is 5.91 Å². The van der Waals surface area contributed by atoms with Crippen molar-refractivity contribution in [3.05, 3.63) is 111 Å². The molecule has 0 radical (unpaired) electrons. The third-order valence-electron chi connectivity index (χ3n) is 6.38. The molecule has 1 aliphatic rings. The van der Waals surface area contributed by atoms with Crippen LogP contribution < -0.4 is 10.2 Å². The van der Waals surface area contributed by atoms with Crippen LogP contribution in [0.5, 0.6) is 5.75 Å². The zero-order chi connectivity index (χ0) is 25.4. The number of halogens is 1. The Morgan fingerprint density at radius 2 is 1.72 bits per heavy atom. The summed E-state index contributed by atoms with van der Waals surface area (Å²) in [4.78, 5) is 40.5. The molecule has 0 fully saturated rings. The number of methoxy groups -OCH3 is 2. The largest absolute Gasteiger partial charge is 0.497 e. The summed E-state index contributed by atoms with van der Waals surface area (Å²) >= 11 is 0. The summed E-state index contributed by atoms with van der Waals surface area (Å²) < 4.78 is 29.8. The molecule has 1 unspecified atom stereocenters. The van der Waals surface area contributed by atoms with Crippen LogP contribution >= 0.6 is 0 Å². The van der Waals surface area contributed by atoms with Crippen molar-refractivity contribution in [2.24, 2.45) is 0 Å². The van der Waals surface area contributed by atoms with E-state index >= 15 is 0 Å². The van der Waals surface area contributed by atoms with E-state index in [1.807, 2.05) is 24.3 Å². The van der Waals surface area contributed by atoms with Crippen molar-refractivity contribution in [1.82, 2.24) is 4.90 Å². The zero-order valence-electron chi connectivity index (χ0n) is 19.6. The second kappa shape index (κ2) is 9.30. The normalized spacial score (nSPS) is 14.7. The number of ether oxygens (including phenoxy) is 2. The van der Waals surface area contributed by atoms with E-state index in [0.29, 0.717) is 24.1 Å². The van der Waals surface area contributed by atoms with Crippen molar-refractivity contribution in [1.29, 1.82) is 0 Å². The Balaban J connectivity index is 1.59. The quantitative estimate of drug-likeness (QED) is 0.372. The highest BCUT2D eigenvalue weighted by atomic mass is 19.1. The lowest BCUT2D eigenvalue weighted by Crippen LogP contribution is -2.31. The number of hydrogen-bond donors (Lipinski definition) is 0. The average molecular weight is 487 g/mol. The van der Waals surface area contributed by atoms with Gasteiger partial charge in [-0.25, -0.2) is 9.18 Å². The van der Waals surface area contributed by atoms with Gasteiger partial charge < -0.3 is 18.8 Å². The van der Waals surface area contributed by atoms with E-state index in [4.69, 9.17) is 13.9 Å². The molecule has 8 heteroatoms. The van der Waals surface area contributed by atoms with Crippen molar-refractivity contribution in [2.45, 2.75) is 12.5 Å². The Bertz CT molecular complexity index is 1530. The highest BCUT2D eigenvalue weighted by Crippen LogP contribution is 2.38. The number of rotatable bonds is 6. The summed E-state index contributed by atoms with van der Waals surface area (Å²) in [6.45, 7) is 0.295. The van der Waals surface area contributed by atoms with Gasteiger partial charge in [0.2, 0.25) is 5.76 Å². The first kappa shape index (κ1) is 23.3. The monoisotopic (exact) mass is 487 g/mol. The van der Waals surface area contributed by atoms with E-state index in [1.165, 1.54) is 19.2 Å². The molecule has 1 amide bonds. The van der Waals surface area contributed by atoms with Gasteiger partial charge in [-0.05, 0) is 60.0 Å². The molecule has 0 spiro atoms. The molecule has 2 heterocycles. The van der Waals surface area contributed by atoms with Crippen molar-refractivity contribution < 1.29 is 27.9 Å². The maximum Gasteiger partial charge on any atom is 0.337 e. The van der Waals surface area contributed by atoms with Gasteiger partial charge in [0, 0.05) is 6.54 Å². The molecular weight excluding hydrogens is 465 g/mol. The first-order valence-corrected chi connectivity index (χ1v) is 11.3. The van der Waals surface area contributed by atoms with Crippen LogP contribution in [0.15, 0.2) is 75.9 Å². The molecule has 182 valence electrons. The number of fused-ring (bicyclic) bond motifs is 2. The second-order valence-corrected chi connectivity index (χ2v) is 8.43. The van der Waals surface area contributed by atoms with Crippen LogP contribution in [-0.2, 0) is 11.2 Å². The zero-order valence-corrected chi connectivity index (χ0v) is 19.6. The molecule has 1 aliphatic heterocycles. The summed E-state index contributed by atoms with van der Waals surface area (Å²) in [7, 11) is 2.88. The Morgan fingerprint density at radius 3 is 2.39 bits per heavy atom. The molecule has 1 aromatic heterocycles. The summed E-state index contributed by atoms with van der Waals surface area (Å²) in [6, 6.07) is 16.9. The van der Waals surface area contributed by atoms with E-state index in [9.17, 15) is 18.8 Å². The first-order chi connectivity index (χ1) is 17.4. The minimum atomic E-state index is -0.763. The van der Waals surface area contributed by atoms with Gasteiger partial charge in [-0.2, -0.15) is 0 Å². The molecule has 1 atom stereocenters. The number of hydrogen-bond acceptors (Lipinski definition) is 6. The summed E-state index contributed by atoms with van der Waals surface area (Å²) in [5.74, 6) is -0.836. The van der Waals surface area contributed by atoms with Crippen LogP contribution in [-0.4, -0.2) is 37.5 Å². The SMILES string of the molecule is COC(=O)c1ccc(C2c3c(oc4ccc(F)cc4c3=O)C(=O)N2CCc2ccc(OC)cc2)cc1. The van der Waals surface area contributed by atoms with Crippen molar-refractivity contribution in [3.8, 4) is 5.75 Å². The second-order valence-electron chi connectivity index (χ2n) is 8.43. The molecule has 4 aromatic rings. The number of esters is 1. The predicted octanol–water partition coefficient (Wildman–Crippen LogP) is 4.52. The smallest absolute Gasteiger partial charge is 0.337 e. The maximum atomic E-state index is 13.9. The summed E-state index contributed by atoms with van der Waals surface area (Å²) in [6.07, 6.45) is 0.517. The van der Waals surface area contributed by atoms with Crippen LogP contribution in [0.3, 0.4) is 0 Å². The van der Waals surface area contributed by atoms with Crippen LogP contribution in [0, 0.1) is 5.82 Å². The van der Waals surface area contributed by atoms with Crippen molar-refractivity contribution in [3.63, 3.8) is 0 Å². The third-order valence-corrected chi connectivity index (χ3v) is 6.38. The minimum absolute atomic E-state index is 0.0594. The lowest BCUT2D eigenvalue weighted by molar-refractivity contribution is 0.0600. The summed E-state index contributed by atoms with van der Waals surface area (Å²) in [5.41, 5.74) is 1.76. The van der Waals surface area contributed by atoms with Gasteiger partial charge in [0.05, 0.1) is 36.8 Å². The lowest BCUT2D eigenvalue weighted by atomic mass is 9.97. The number of benzene rings is 3. The highest BCUT2D eigenvalue weighted by Gasteiger charge is 2.42. The Morgan fingerprint density at radius 1 is 1.00 bits per heavy atom. The molecule has 0 N–H and O–H groups in total. The van der Waals surface area contributed by atoms with Gasteiger partial charge in [-0.15, -0.1) is 0 Å². The van der Waals surface area contributed by atoms with E-state index in [-0.39, 0.29) is 22.3 Å². The molecular formula is C28H22FNO6. The Labute approximate surface area is 205 Å². The minimum Gasteiger partial charge on any atom is -0.497 e. The van der Waals surface area contributed by atoms with E-state index in [0.717, 1.165) is 17.4 Å². The van der Waals surface area contributed by atoms with Gasteiger partial charge in [0.15, 0.2) is 5.43 Å². The average Bonchev–Trinajstić information content (AvgIpc) is 3.19. The number of carbonyl (C=O) groups is 2. The molecule has 3 aromatic carbocycles. The fourth-order valence-electron chi connectivity index (χ4n) is 4.53. The number of amides is 1. The Kier molecular flexibility index (Phi) is 6.01. The fourth-order valence-corrected chi connectivity index (χ4v) is 4.53. The highest BCUT2D eigenvalue weighted by molar-refractivity contribution is 5.99. The standard InChI is InChI=1S/C28H22FNO6/c1-34-20-10-3-16(4-11-20)13-14-30-24(17-5-7-18(8-6-17)28(33)35-2)23-25(31)21-15-19(29)9-12-22(21)36-26(23)27(30)32/h3-12,15,24H,13-14H2,1-2H3.